The van der Waals surface area contributed by atoms with Gasteiger partial charge in [-0.1, -0.05) is 0 Å². The predicted molar refractivity (Wildman–Crippen MR) is 110 cm³/mol. The molecule has 3 rings (SSSR count). The van der Waals surface area contributed by atoms with Gasteiger partial charge in [0.2, 0.25) is 15.9 Å². The third kappa shape index (κ3) is 4.47. The Hall–Kier alpha value is -1.31. The zero-order valence-electron chi connectivity index (χ0n) is 14.8. The van der Waals surface area contributed by atoms with Crippen molar-refractivity contribution < 1.29 is 21.6 Å². The predicted octanol–water partition coefficient (Wildman–Crippen LogP) is 2.16. The van der Waals surface area contributed by atoms with Gasteiger partial charge in [-0.15, -0.1) is 11.3 Å². The fraction of sp³-hybridized carbons (Fsp3) is 0.312. The number of rotatable bonds is 5. The first-order valence-electron chi connectivity index (χ1n) is 8.24. The van der Waals surface area contributed by atoms with Crippen LogP contribution in [-0.2, 0) is 24.8 Å². The van der Waals surface area contributed by atoms with Crippen molar-refractivity contribution in [1.29, 1.82) is 0 Å². The van der Waals surface area contributed by atoms with Crippen LogP contribution in [0.1, 0.15) is 6.92 Å². The molecule has 12 heteroatoms. The SMILES string of the molecule is CC(=O)Nc1ccc(S(=O)(=O)N2CCN(S(=O)(=O)c3ccc(Br)s3)CC2)cc1. The number of amides is 1. The number of halogens is 1. The molecule has 1 amide bonds. The number of piperazine rings is 1. The van der Waals surface area contributed by atoms with Crippen LogP contribution in [0.5, 0.6) is 0 Å². The van der Waals surface area contributed by atoms with E-state index in [-0.39, 0.29) is 41.2 Å². The number of nitrogens with zero attached hydrogens (tertiary/aromatic N) is 2. The molecule has 1 fully saturated rings. The van der Waals surface area contributed by atoms with Gasteiger partial charge in [-0.2, -0.15) is 8.61 Å². The highest BCUT2D eigenvalue weighted by molar-refractivity contribution is 9.11. The van der Waals surface area contributed by atoms with Crippen LogP contribution >= 0.6 is 27.3 Å². The molecule has 1 aliphatic rings. The molecule has 152 valence electrons. The van der Waals surface area contributed by atoms with Crippen molar-refractivity contribution in [2.45, 2.75) is 16.0 Å². The van der Waals surface area contributed by atoms with E-state index in [1.54, 1.807) is 6.07 Å². The van der Waals surface area contributed by atoms with Crippen molar-refractivity contribution in [2.24, 2.45) is 0 Å². The lowest BCUT2D eigenvalue weighted by molar-refractivity contribution is -0.114. The van der Waals surface area contributed by atoms with Gasteiger partial charge in [-0.3, -0.25) is 4.79 Å². The molecule has 0 spiro atoms. The highest BCUT2D eigenvalue weighted by atomic mass is 79.9. The van der Waals surface area contributed by atoms with Gasteiger partial charge in [0, 0.05) is 38.8 Å². The average molecular weight is 508 g/mol. The monoisotopic (exact) mass is 507 g/mol. The second-order valence-corrected chi connectivity index (χ2v) is 12.6. The fourth-order valence-electron chi connectivity index (χ4n) is 2.78. The summed E-state index contributed by atoms with van der Waals surface area (Å²) in [5.41, 5.74) is 0.504. The highest BCUT2D eigenvalue weighted by Crippen LogP contribution is 2.29. The van der Waals surface area contributed by atoms with Gasteiger partial charge in [0.25, 0.3) is 10.0 Å². The van der Waals surface area contributed by atoms with E-state index in [2.05, 4.69) is 21.2 Å². The summed E-state index contributed by atoms with van der Waals surface area (Å²) in [6.07, 6.45) is 0. The normalized spacial score (nSPS) is 16.8. The summed E-state index contributed by atoms with van der Waals surface area (Å²) in [6, 6.07) is 9.08. The van der Waals surface area contributed by atoms with Gasteiger partial charge >= 0.3 is 0 Å². The number of hydrogen-bond acceptors (Lipinski definition) is 6. The molecule has 0 saturated carbocycles. The van der Waals surface area contributed by atoms with Crippen molar-refractivity contribution in [2.75, 3.05) is 31.5 Å². The molecule has 2 aromatic rings. The summed E-state index contributed by atoms with van der Waals surface area (Å²) in [7, 11) is -7.37. The number of carbonyl (C=O) groups is 1. The molecule has 0 atom stereocenters. The van der Waals surface area contributed by atoms with Gasteiger partial charge in [0.05, 0.1) is 8.68 Å². The molecule has 1 aromatic carbocycles. The van der Waals surface area contributed by atoms with Crippen molar-refractivity contribution in [3.63, 3.8) is 0 Å². The Balaban J connectivity index is 1.70. The van der Waals surface area contributed by atoms with Crippen molar-refractivity contribution >= 4 is 58.9 Å². The van der Waals surface area contributed by atoms with E-state index < -0.39 is 20.0 Å². The van der Waals surface area contributed by atoms with Crippen molar-refractivity contribution in [3.05, 3.63) is 40.2 Å². The maximum Gasteiger partial charge on any atom is 0.252 e. The third-order valence-electron chi connectivity index (χ3n) is 4.15. The van der Waals surface area contributed by atoms with E-state index in [1.165, 1.54) is 45.9 Å². The van der Waals surface area contributed by atoms with E-state index in [1.807, 2.05) is 0 Å². The minimum Gasteiger partial charge on any atom is -0.326 e. The van der Waals surface area contributed by atoms with Gasteiger partial charge < -0.3 is 5.32 Å². The topological polar surface area (TPSA) is 104 Å². The Labute approximate surface area is 176 Å². The summed E-state index contributed by atoms with van der Waals surface area (Å²) >= 11 is 4.38. The van der Waals surface area contributed by atoms with Crippen molar-refractivity contribution in [1.82, 2.24) is 8.61 Å². The zero-order valence-corrected chi connectivity index (χ0v) is 18.9. The van der Waals surface area contributed by atoms with Crippen LogP contribution in [0.4, 0.5) is 5.69 Å². The molecular weight excluding hydrogens is 490 g/mol. The smallest absolute Gasteiger partial charge is 0.252 e. The molecule has 1 saturated heterocycles. The van der Waals surface area contributed by atoms with Crippen molar-refractivity contribution in [3.8, 4) is 0 Å². The first kappa shape index (κ1) is 21.4. The fourth-order valence-corrected chi connectivity index (χ4v) is 7.79. The van der Waals surface area contributed by atoms with Crippen LogP contribution in [0.2, 0.25) is 0 Å². The van der Waals surface area contributed by atoms with E-state index in [0.717, 1.165) is 15.1 Å². The standard InChI is InChI=1S/C16H18BrN3O5S3/c1-12(21)18-13-2-4-14(5-3-13)27(22,23)19-8-10-20(11-9-19)28(24,25)16-7-6-15(17)26-16/h2-7H,8-11H2,1H3,(H,18,21). The minimum atomic E-state index is -3.74. The lowest BCUT2D eigenvalue weighted by Gasteiger charge is -2.33. The molecule has 8 nitrogen and oxygen atoms in total. The number of hydrogen-bond donors (Lipinski definition) is 1. The van der Waals surface area contributed by atoms with Crippen LogP contribution < -0.4 is 5.32 Å². The largest absolute Gasteiger partial charge is 0.326 e. The summed E-state index contributed by atoms with van der Waals surface area (Å²) < 4.78 is 54.5. The summed E-state index contributed by atoms with van der Waals surface area (Å²) in [5.74, 6) is -0.245. The van der Waals surface area contributed by atoms with E-state index in [0.29, 0.717) is 5.69 Å². The Morgan fingerprint density at radius 1 is 0.929 bits per heavy atom. The van der Waals surface area contributed by atoms with E-state index >= 15 is 0 Å². The molecule has 1 N–H and O–H groups in total. The Morgan fingerprint density at radius 3 is 1.93 bits per heavy atom. The first-order chi connectivity index (χ1) is 13.1. The number of anilines is 1. The second kappa shape index (κ2) is 8.20. The maximum atomic E-state index is 12.8. The van der Waals surface area contributed by atoms with E-state index in [9.17, 15) is 21.6 Å². The van der Waals surface area contributed by atoms with Gasteiger partial charge in [-0.05, 0) is 52.3 Å². The molecule has 0 aliphatic carbocycles. The van der Waals surface area contributed by atoms with Crippen LogP contribution in [0, 0.1) is 0 Å². The van der Waals surface area contributed by atoms with Crippen LogP contribution in [-0.4, -0.2) is 57.5 Å². The summed E-state index contributed by atoms with van der Waals surface area (Å²) in [5, 5.41) is 2.58. The third-order valence-corrected chi connectivity index (χ3v) is 10.1. The van der Waals surface area contributed by atoms with Gasteiger partial charge in [0.15, 0.2) is 0 Å². The minimum absolute atomic E-state index is 0.0710. The number of carbonyl (C=O) groups excluding carboxylic acids is 1. The van der Waals surface area contributed by atoms with Crippen LogP contribution in [0.15, 0.2) is 49.3 Å². The molecule has 0 radical (unpaired) electrons. The maximum absolute atomic E-state index is 12.8. The van der Waals surface area contributed by atoms with E-state index in [4.69, 9.17) is 0 Å². The quantitative estimate of drug-likeness (QED) is 0.667. The average Bonchev–Trinajstić information content (AvgIpc) is 3.09. The highest BCUT2D eigenvalue weighted by Gasteiger charge is 2.34. The molecule has 1 aromatic heterocycles. The molecule has 28 heavy (non-hydrogen) atoms. The number of benzene rings is 1. The Bertz CT molecular complexity index is 1070. The number of sulfonamides is 2. The number of nitrogens with one attached hydrogen (secondary N) is 1. The van der Waals surface area contributed by atoms with Crippen LogP contribution in [0.25, 0.3) is 0 Å². The summed E-state index contributed by atoms with van der Waals surface area (Å²) in [6.45, 7) is 1.68. The van der Waals surface area contributed by atoms with Gasteiger partial charge in [0.1, 0.15) is 4.21 Å². The second-order valence-electron chi connectivity index (χ2n) is 6.07. The number of thiophene rings is 1. The van der Waals surface area contributed by atoms with Gasteiger partial charge in [-0.25, -0.2) is 16.8 Å². The molecule has 0 bridgehead atoms. The molecule has 0 unspecified atom stereocenters. The zero-order chi connectivity index (χ0) is 20.5. The Morgan fingerprint density at radius 2 is 1.46 bits per heavy atom. The lowest BCUT2D eigenvalue weighted by Crippen LogP contribution is -2.50. The molecular formula is C16H18BrN3O5S3. The summed E-state index contributed by atoms with van der Waals surface area (Å²) in [4.78, 5) is 11.2. The first-order valence-corrected chi connectivity index (χ1v) is 12.7. The lowest BCUT2D eigenvalue weighted by atomic mass is 10.3. The molecule has 1 aliphatic heterocycles. The molecule has 2 heterocycles. The Kier molecular flexibility index (Phi) is 6.27. The van der Waals surface area contributed by atoms with Crippen LogP contribution in [0.3, 0.4) is 0 Å².